The Morgan fingerprint density at radius 1 is 1.08 bits per heavy atom. The molecule has 0 radical (unpaired) electrons. The highest BCUT2D eigenvalue weighted by Crippen LogP contribution is 2.29. The zero-order valence-corrected chi connectivity index (χ0v) is 12.6. The van der Waals surface area contributed by atoms with Crippen LogP contribution in [0.2, 0.25) is 0 Å². The number of rotatable bonds is 4. The van der Waals surface area contributed by atoms with Gasteiger partial charge in [0.2, 0.25) is 5.82 Å². The van der Waals surface area contributed by atoms with E-state index < -0.39 is 17.6 Å². The first-order chi connectivity index (χ1) is 11.8. The van der Waals surface area contributed by atoms with Crippen molar-refractivity contribution in [1.82, 2.24) is 15.1 Å². The second-order valence-electron chi connectivity index (χ2n) is 5.25. The number of alkyl halides is 3. The number of hydrogen-bond acceptors (Lipinski definition) is 4. The molecule has 3 aromatic rings. The minimum Gasteiger partial charge on any atom is -0.329 e. The topological polar surface area (TPSA) is 71.8 Å². The van der Waals surface area contributed by atoms with E-state index in [1.54, 1.807) is 12.1 Å². The van der Waals surface area contributed by atoms with Gasteiger partial charge in [-0.2, -0.15) is 18.2 Å². The summed E-state index contributed by atoms with van der Waals surface area (Å²) in [6.07, 6.45) is -2.86. The number of nitrogens with one attached hydrogen (secondary N) is 1. The fraction of sp³-hybridized carbons (Fsp3) is 0.188. The fourth-order valence-corrected chi connectivity index (χ4v) is 2.34. The maximum Gasteiger partial charge on any atom is 0.471 e. The van der Waals surface area contributed by atoms with Gasteiger partial charge in [-0.25, -0.2) is 4.39 Å². The van der Waals surface area contributed by atoms with Gasteiger partial charge in [-0.15, -0.1) is 0 Å². The van der Waals surface area contributed by atoms with E-state index in [1.165, 1.54) is 24.4 Å². The number of nitrogens with zero attached hydrogens (tertiary/aromatic N) is 2. The maximum absolute atomic E-state index is 12.9. The highest BCUT2D eigenvalue weighted by Gasteiger charge is 2.38. The van der Waals surface area contributed by atoms with Crippen LogP contribution in [0.25, 0.3) is 11.4 Å². The Kier molecular flexibility index (Phi) is 4.39. The lowest BCUT2D eigenvalue weighted by molar-refractivity contribution is -0.159. The molecule has 0 spiro atoms. The van der Waals surface area contributed by atoms with E-state index in [0.29, 0.717) is 6.42 Å². The summed E-state index contributed by atoms with van der Waals surface area (Å²) < 4.78 is 55.0. The van der Waals surface area contributed by atoms with Crippen LogP contribution in [-0.2, 0) is 19.0 Å². The van der Waals surface area contributed by atoms with E-state index in [2.05, 4.69) is 19.6 Å². The summed E-state index contributed by atoms with van der Waals surface area (Å²) >= 11 is 0. The van der Waals surface area contributed by atoms with Gasteiger partial charge in [0.1, 0.15) is 5.82 Å². The van der Waals surface area contributed by atoms with Crippen LogP contribution in [0.3, 0.4) is 0 Å². The summed E-state index contributed by atoms with van der Waals surface area (Å²) in [5.74, 6) is -2.17. The zero-order chi connectivity index (χ0) is 18.0. The standard InChI is InChI=1S/C16H11F4N3O2/c17-10-4-1-9(2-5-10)3-6-12-11(7-8-21-14(12)24)13-22-15(25-23-13)16(18,19)20/h1-2,4-5,7-8H,3,6H2,(H,21,24). The summed E-state index contributed by atoms with van der Waals surface area (Å²) in [6, 6.07) is 7.14. The molecule has 2 aromatic heterocycles. The Morgan fingerprint density at radius 2 is 1.80 bits per heavy atom. The van der Waals surface area contributed by atoms with Crippen molar-refractivity contribution < 1.29 is 22.1 Å². The first-order valence-electron chi connectivity index (χ1n) is 7.21. The molecule has 2 heterocycles. The third kappa shape index (κ3) is 3.76. The van der Waals surface area contributed by atoms with Crippen molar-refractivity contribution in [2.24, 2.45) is 0 Å². The molecule has 25 heavy (non-hydrogen) atoms. The van der Waals surface area contributed by atoms with Crippen molar-refractivity contribution in [3.05, 3.63) is 69.7 Å². The van der Waals surface area contributed by atoms with Gasteiger partial charge in [-0.1, -0.05) is 17.3 Å². The van der Waals surface area contributed by atoms with Gasteiger partial charge < -0.3 is 9.51 Å². The number of halogens is 4. The molecule has 0 aliphatic rings. The van der Waals surface area contributed by atoms with Crippen molar-refractivity contribution in [2.45, 2.75) is 19.0 Å². The van der Waals surface area contributed by atoms with E-state index in [4.69, 9.17) is 0 Å². The van der Waals surface area contributed by atoms with Crippen LogP contribution < -0.4 is 5.56 Å². The quantitative estimate of drug-likeness (QED) is 0.730. The van der Waals surface area contributed by atoms with Gasteiger partial charge >= 0.3 is 12.1 Å². The van der Waals surface area contributed by atoms with E-state index >= 15 is 0 Å². The van der Waals surface area contributed by atoms with Crippen LogP contribution in [0.5, 0.6) is 0 Å². The SMILES string of the molecule is O=c1[nH]ccc(-c2noc(C(F)(F)F)n2)c1CCc1ccc(F)cc1. The van der Waals surface area contributed by atoms with E-state index in [-0.39, 0.29) is 29.2 Å². The molecule has 0 unspecified atom stereocenters. The van der Waals surface area contributed by atoms with Gasteiger partial charge in [0.25, 0.3) is 5.56 Å². The maximum atomic E-state index is 12.9. The number of aryl methyl sites for hydroxylation is 1. The Balaban J connectivity index is 1.91. The monoisotopic (exact) mass is 353 g/mol. The van der Waals surface area contributed by atoms with Crippen LogP contribution in [-0.4, -0.2) is 15.1 Å². The highest BCUT2D eigenvalue weighted by atomic mass is 19.4. The summed E-state index contributed by atoms with van der Waals surface area (Å²) in [7, 11) is 0. The molecule has 130 valence electrons. The molecule has 0 saturated carbocycles. The minimum absolute atomic E-state index is 0.158. The lowest BCUT2D eigenvalue weighted by atomic mass is 10.0. The molecular formula is C16H11F4N3O2. The molecule has 0 saturated heterocycles. The van der Waals surface area contributed by atoms with E-state index in [1.807, 2.05) is 0 Å². The van der Waals surface area contributed by atoms with Crippen molar-refractivity contribution in [3.8, 4) is 11.4 Å². The predicted molar refractivity (Wildman–Crippen MR) is 79.2 cm³/mol. The van der Waals surface area contributed by atoms with Gasteiger partial charge in [0, 0.05) is 17.3 Å². The van der Waals surface area contributed by atoms with Gasteiger partial charge in [0.15, 0.2) is 0 Å². The molecule has 0 atom stereocenters. The fourth-order valence-electron chi connectivity index (χ4n) is 2.34. The highest BCUT2D eigenvalue weighted by molar-refractivity contribution is 5.58. The molecule has 0 aliphatic heterocycles. The molecule has 0 fully saturated rings. The summed E-state index contributed by atoms with van der Waals surface area (Å²) in [6.45, 7) is 0. The lowest BCUT2D eigenvalue weighted by Gasteiger charge is -2.05. The first-order valence-corrected chi connectivity index (χ1v) is 7.21. The van der Waals surface area contributed by atoms with Crippen LogP contribution >= 0.6 is 0 Å². The van der Waals surface area contributed by atoms with Crippen LogP contribution in [0.4, 0.5) is 17.6 Å². The second kappa shape index (κ2) is 6.50. The lowest BCUT2D eigenvalue weighted by Crippen LogP contribution is -2.14. The van der Waals surface area contributed by atoms with E-state index in [9.17, 15) is 22.4 Å². The number of aromatic nitrogens is 3. The molecule has 1 aromatic carbocycles. The first kappa shape index (κ1) is 16.9. The number of pyridine rings is 1. The van der Waals surface area contributed by atoms with Crippen molar-refractivity contribution in [2.75, 3.05) is 0 Å². The van der Waals surface area contributed by atoms with Gasteiger partial charge in [0.05, 0.1) is 0 Å². The van der Waals surface area contributed by atoms with Crippen molar-refractivity contribution >= 4 is 0 Å². The molecule has 9 heteroatoms. The van der Waals surface area contributed by atoms with Crippen molar-refractivity contribution in [3.63, 3.8) is 0 Å². The van der Waals surface area contributed by atoms with Gasteiger partial charge in [-0.05, 0) is 36.6 Å². The van der Waals surface area contributed by atoms with Crippen molar-refractivity contribution in [1.29, 1.82) is 0 Å². The van der Waals surface area contributed by atoms with Crippen LogP contribution in [0.1, 0.15) is 17.0 Å². The average Bonchev–Trinajstić information content (AvgIpc) is 3.05. The third-order valence-electron chi connectivity index (χ3n) is 3.55. The average molecular weight is 353 g/mol. The minimum atomic E-state index is -4.76. The number of H-pyrrole nitrogens is 1. The summed E-state index contributed by atoms with van der Waals surface area (Å²) in [4.78, 5) is 17.9. The molecule has 3 rings (SSSR count). The number of hydrogen-bond donors (Lipinski definition) is 1. The number of benzene rings is 1. The molecular weight excluding hydrogens is 342 g/mol. The normalized spacial score (nSPS) is 11.7. The van der Waals surface area contributed by atoms with Gasteiger partial charge in [-0.3, -0.25) is 4.79 Å². The smallest absolute Gasteiger partial charge is 0.329 e. The zero-order valence-electron chi connectivity index (χ0n) is 12.6. The summed E-state index contributed by atoms with van der Waals surface area (Å²) in [5, 5.41) is 3.31. The third-order valence-corrected chi connectivity index (χ3v) is 3.55. The molecule has 0 aliphatic carbocycles. The second-order valence-corrected chi connectivity index (χ2v) is 5.25. The Morgan fingerprint density at radius 3 is 2.44 bits per heavy atom. The van der Waals surface area contributed by atoms with Crippen LogP contribution in [0.15, 0.2) is 45.8 Å². The Bertz CT molecular complexity index is 930. The Hall–Kier alpha value is -2.97. The molecule has 1 N–H and O–H groups in total. The predicted octanol–water partition coefficient (Wildman–Crippen LogP) is 3.37. The molecule has 0 bridgehead atoms. The molecule has 0 amide bonds. The molecule has 5 nitrogen and oxygen atoms in total. The summed E-state index contributed by atoms with van der Waals surface area (Å²) in [5.41, 5.74) is 0.698. The van der Waals surface area contributed by atoms with E-state index in [0.717, 1.165) is 5.56 Å². The Labute approximate surface area is 138 Å². The van der Waals surface area contributed by atoms with Crippen LogP contribution in [0, 0.1) is 5.82 Å². The largest absolute Gasteiger partial charge is 0.471 e. The number of aromatic amines is 1.